The maximum atomic E-state index is 13.2. The van der Waals surface area contributed by atoms with Crippen LogP contribution in [-0.2, 0) is 19.9 Å². The third-order valence-corrected chi connectivity index (χ3v) is 6.79. The number of aryl methyl sites for hydroxylation is 2. The third-order valence-electron chi connectivity index (χ3n) is 6.79. The van der Waals surface area contributed by atoms with Gasteiger partial charge in [0, 0.05) is 30.9 Å². The lowest BCUT2D eigenvalue weighted by Crippen LogP contribution is -2.51. The Hall–Kier alpha value is -3.41. The lowest BCUT2D eigenvalue weighted by atomic mass is 10.0. The number of nitrogens with zero attached hydrogens (tertiary/aromatic N) is 5. The van der Waals surface area contributed by atoms with Crippen LogP contribution < -0.4 is 10.6 Å². The Morgan fingerprint density at radius 3 is 2.39 bits per heavy atom. The van der Waals surface area contributed by atoms with E-state index in [0.29, 0.717) is 24.5 Å². The lowest BCUT2D eigenvalue weighted by molar-refractivity contribution is 0.0228. The first-order valence-electron chi connectivity index (χ1n) is 12.9. The zero-order valence-corrected chi connectivity index (χ0v) is 22.6. The molecule has 0 bridgehead atoms. The summed E-state index contributed by atoms with van der Waals surface area (Å²) in [5.41, 5.74) is 3.22. The van der Waals surface area contributed by atoms with Gasteiger partial charge in [-0.05, 0) is 85.1 Å². The highest BCUT2D eigenvalue weighted by Crippen LogP contribution is 2.23. The van der Waals surface area contributed by atoms with Crippen molar-refractivity contribution in [3.63, 3.8) is 0 Å². The number of aromatic nitrogens is 4. The van der Waals surface area contributed by atoms with Crippen molar-refractivity contribution in [1.82, 2.24) is 30.4 Å². The minimum absolute atomic E-state index is 0.258. The number of benzene rings is 2. The van der Waals surface area contributed by atoms with E-state index in [1.165, 1.54) is 12.1 Å². The zero-order chi connectivity index (χ0) is 27.8. The maximum absolute atomic E-state index is 13.2. The Bertz CT molecular complexity index is 1190. The molecule has 3 rings (SSSR count). The van der Waals surface area contributed by atoms with E-state index in [0.717, 1.165) is 23.1 Å². The predicted molar refractivity (Wildman–Crippen MR) is 144 cm³/mol. The van der Waals surface area contributed by atoms with Crippen LogP contribution in [0.5, 0.6) is 0 Å². The summed E-state index contributed by atoms with van der Waals surface area (Å²) in [6.45, 7) is 8.45. The van der Waals surface area contributed by atoms with E-state index < -0.39 is 24.3 Å². The number of aliphatic hydroxyl groups excluding tert-OH is 2. The highest BCUT2D eigenvalue weighted by molar-refractivity contribution is 5.90. The average Bonchev–Trinajstić information content (AvgIpc) is 3.33. The van der Waals surface area contributed by atoms with Crippen molar-refractivity contribution < 1.29 is 19.4 Å². The van der Waals surface area contributed by atoms with E-state index in [2.05, 4.69) is 26.2 Å². The predicted octanol–water partition coefficient (Wildman–Crippen LogP) is 2.76. The van der Waals surface area contributed by atoms with Crippen LogP contribution in [0.2, 0.25) is 0 Å². The SMILES string of the molecule is CCc1cc(NC(=O)N[C@H](C)[C@@H](O)CN(CC)[C@@H](C)[C@@H](O)Cc2ccc(F)cc2)cc(-c2nnnn2C)c1. The number of halogens is 1. The molecule has 38 heavy (non-hydrogen) atoms. The number of hydrogen-bond donors (Lipinski definition) is 4. The van der Waals surface area contributed by atoms with Crippen LogP contribution in [0.3, 0.4) is 0 Å². The molecule has 0 aliphatic rings. The average molecular weight is 528 g/mol. The highest BCUT2D eigenvalue weighted by atomic mass is 19.1. The second-order valence-corrected chi connectivity index (χ2v) is 9.58. The molecule has 4 atom stereocenters. The first-order chi connectivity index (χ1) is 18.1. The van der Waals surface area contributed by atoms with E-state index >= 15 is 0 Å². The second-order valence-electron chi connectivity index (χ2n) is 9.58. The number of nitrogens with one attached hydrogen (secondary N) is 2. The molecule has 0 fully saturated rings. The summed E-state index contributed by atoms with van der Waals surface area (Å²) in [5.74, 6) is 0.268. The molecule has 11 heteroatoms. The number of urea groups is 1. The molecule has 2 amide bonds. The van der Waals surface area contributed by atoms with E-state index in [-0.39, 0.29) is 18.4 Å². The number of hydrogen-bond acceptors (Lipinski definition) is 7. The van der Waals surface area contributed by atoms with Gasteiger partial charge in [0.25, 0.3) is 0 Å². The van der Waals surface area contributed by atoms with Crippen LogP contribution in [0, 0.1) is 5.82 Å². The van der Waals surface area contributed by atoms with E-state index in [9.17, 15) is 19.4 Å². The van der Waals surface area contributed by atoms with Gasteiger partial charge >= 0.3 is 6.03 Å². The fourth-order valence-corrected chi connectivity index (χ4v) is 4.30. The summed E-state index contributed by atoms with van der Waals surface area (Å²) in [7, 11) is 1.75. The Balaban J connectivity index is 1.57. The van der Waals surface area contributed by atoms with Crippen LogP contribution >= 0.6 is 0 Å². The minimum Gasteiger partial charge on any atom is -0.391 e. The van der Waals surface area contributed by atoms with E-state index in [4.69, 9.17) is 0 Å². The molecule has 0 spiro atoms. The number of carbonyl (C=O) groups excluding carboxylic acids is 1. The fourth-order valence-electron chi connectivity index (χ4n) is 4.30. The Morgan fingerprint density at radius 2 is 1.79 bits per heavy atom. The van der Waals surface area contributed by atoms with Crippen molar-refractivity contribution in [3.8, 4) is 11.4 Å². The van der Waals surface area contributed by atoms with Gasteiger partial charge in [0.05, 0.1) is 18.2 Å². The summed E-state index contributed by atoms with van der Waals surface area (Å²) in [6.07, 6.45) is -0.442. The monoisotopic (exact) mass is 527 g/mol. The van der Waals surface area contributed by atoms with Gasteiger partial charge < -0.3 is 20.8 Å². The standard InChI is InChI=1S/C27H38FN7O3/c1-6-19-12-21(26-31-32-33-34(26)5)15-23(13-19)30-27(38)29-17(3)25(37)16-35(7-2)18(4)24(36)14-20-8-10-22(28)11-9-20/h8-13,15,17-18,24-25,36-37H,6-7,14,16H2,1-5H3,(H2,29,30,38)/t17-,18+,24+,25+/m1/s1. The Morgan fingerprint density at radius 1 is 1.08 bits per heavy atom. The number of tetrazole rings is 1. The summed E-state index contributed by atoms with van der Waals surface area (Å²) in [6, 6.07) is 10.5. The van der Waals surface area contributed by atoms with Crippen LogP contribution in [0.15, 0.2) is 42.5 Å². The van der Waals surface area contributed by atoms with Crippen molar-refractivity contribution in [1.29, 1.82) is 0 Å². The summed E-state index contributed by atoms with van der Waals surface area (Å²) >= 11 is 0. The fraction of sp³-hybridized carbons (Fsp3) is 0.481. The molecule has 206 valence electrons. The van der Waals surface area contributed by atoms with E-state index in [1.807, 2.05) is 37.8 Å². The van der Waals surface area contributed by atoms with Crippen molar-refractivity contribution >= 4 is 11.7 Å². The largest absolute Gasteiger partial charge is 0.391 e. The van der Waals surface area contributed by atoms with Crippen molar-refractivity contribution in [2.24, 2.45) is 7.05 Å². The first-order valence-corrected chi connectivity index (χ1v) is 12.9. The van der Waals surface area contributed by atoms with Gasteiger partial charge in [-0.15, -0.1) is 5.10 Å². The topological polar surface area (TPSA) is 128 Å². The van der Waals surface area contributed by atoms with Crippen LogP contribution in [0.4, 0.5) is 14.9 Å². The summed E-state index contributed by atoms with van der Waals surface area (Å²) < 4.78 is 14.7. The molecule has 3 aromatic rings. The van der Waals surface area contributed by atoms with Crippen LogP contribution in [0.1, 0.15) is 38.8 Å². The molecular weight excluding hydrogens is 489 g/mol. The van der Waals surface area contributed by atoms with Gasteiger partial charge in [0.1, 0.15) is 5.82 Å². The van der Waals surface area contributed by atoms with Gasteiger partial charge in [-0.2, -0.15) is 0 Å². The molecule has 1 heterocycles. The second kappa shape index (κ2) is 13.4. The maximum Gasteiger partial charge on any atom is 0.319 e. The number of anilines is 1. The number of carbonyl (C=O) groups is 1. The quantitative estimate of drug-likeness (QED) is 0.285. The molecule has 1 aromatic heterocycles. The van der Waals surface area contributed by atoms with Gasteiger partial charge in [-0.25, -0.2) is 13.9 Å². The van der Waals surface area contributed by atoms with Crippen LogP contribution in [-0.4, -0.2) is 78.7 Å². The number of aliphatic hydroxyl groups is 2. The molecule has 4 N–H and O–H groups in total. The number of likely N-dealkylation sites (N-methyl/N-ethyl adjacent to an activating group) is 1. The summed E-state index contributed by atoms with van der Waals surface area (Å²) in [4.78, 5) is 14.7. The first kappa shape index (κ1) is 29.2. The molecule has 0 saturated heterocycles. The molecule has 0 radical (unpaired) electrons. The van der Waals surface area contributed by atoms with Gasteiger partial charge in [0.2, 0.25) is 0 Å². The van der Waals surface area contributed by atoms with Gasteiger partial charge in [-0.3, -0.25) is 4.90 Å². The lowest BCUT2D eigenvalue weighted by Gasteiger charge is -2.34. The van der Waals surface area contributed by atoms with Crippen LogP contribution in [0.25, 0.3) is 11.4 Å². The number of amides is 2. The Kier molecular flexibility index (Phi) is 10.3. The normalized spacial score (nSPS) is 14.7. The third kappa shape index (κ3) is 7.80. The molecule has 2 aromatic carbocycles. The molecular formula is C27H38FN7O3. The molecule has 0 aliphatic carbocycles. The smallest absolute Gasteiger partial charge is 0.319 e. The van der Waals surface area contributed by atoms with Crippen molar-refractivity contribution in [3.05, 3.63) is 59.4 Å². The molecule has 0 saturated carbocycles. The molecule has 0 unspecified atom stereocenters. The molecule has 0 aliphatic heterocycles. The zero-order valence-electron chi connectivity index (χ0n) is 22.6. The summed E-state index contributed by atoms with van der Waals surface area (Å²) in [5, 5.41) is 38.8. The number of rotatable bonds is 12. The van der Waals surface area contributed by atoms with E-state index in [1.54, 1.807) is 36.9 Å². The van der Waals surface area contributed by atoms with Crippen molar-refractivity contribution in [2.75, 3.05) is 18.4 Å². The highest BCUT2D eigenvalue weighted by Gasteiger charge is 2.26. The Labute approximate surface area is 222 Å². The minimum atomic E-state index is -0.872. The van der Waals surface area contributed by atoms with Crippen molar-refractivity contribution in [2.45, 2.75) is 64.8 Å². The van der Waals surface area contributed by atoms with Gasteiger partial charge in [0.15, 0.2) is 5.82 Å². The van der Waals surface area contributed by atoms with Gasteiger partial charge in [-0.1, -0.05) is 26.0 Å². The molecule has 10 nitrogen and oxygen atoms in total.